The van der Waals surface area contributed by atoms with E-state index in [0.29, 0.717) is 17.9 Å². The highest BCUT2D eigenvalue weighted by molar-refractivity contribution is 5.94. The Morgan fingerprint density at radius 1 is 1.12 bits per heavy atom. The van der Waals surface area contributed by atoms with Crippen molar-refractivity contribution in [3.8, 4) is 5.75 Å². The number of carbonyl (C=O) groups is 1. The van der Waals surface area contributed by atoms with E-state index in [1.54, 1.807) is 24.3 Å². The summed E-state index contributed by atoms with van der Waals surface area (Å²) in [4.78, 5) is 12.0. The summed E-state index contributed by atoms with van der Waals surface area (Å²) in [6.45, 7) is 0.430. The minimum absolute atomic E-state index is 0. The standard InChI is InChI=1S/C18H19FN2O2.ClH/c19-16(10-11-20)13-23-17-8-6-15(7-9-17)18(22)21-12-14-4-2-1-3-5-14;/h1-10H,11-13,20H2,(H,21,22);1H/b16-10+;. The SMILES string of the molecule is Cl.NC/C=C(/F)COc1ccc(C(=O)NCc2ccccc2)cc1. The van der Waals surface area contributed by atoms with Crippen LogP contribution in [0.3, 0.4) is 0 Å². The smallest absolute Gasteiger partial charge is 0.251 e. The summed E-state index contributed by atoms with van der Waals surface area (Å²) in [6, 6.07) is 16.2. The Kier molecular flexibility index (Phi) is 8.54. The number of rotatable bonds is 7. The third-order valence-corrected chi connectivity index (χ3v) is 3.13. The molecular formula is C18H20ClFN2O2. The van der Waals surface area contributed by atoms with Crippen molar-refractivity contribution in [3.63, 3.8) is 0 Å². The van der Waals surface area contributed by atoms with Crippen molar-refractivity contribution in [3.05, 3.63) is 77.6 Å². The van der Waals surface area contributed by atoms with Gasteiger partial charge in [0, 0.05) is 18.7 Å². The Labute approximate surface area is 146 Å². The lowest BCUT2D eigenvalue weighted by Gasteiger charge is -2.07. The molecule has 0 aliphatic carbocycles. The summed E-state index contributed by atoms with van der Waals surface area (Å²) in [5.74, 6) is -0.100. The number of halogens is 2. The van der Waals surface area contributed by atoms with Crippen LogP contribution in [-0.2, 0) is 6.54 Å². The summed E-state index contributed by atoms with van der Waals surface area (Å²) in [6.07, 6.45) is 1.26. The van der Waals surface area contributed by atoms with Crippen LogP contribution in [-0.4, -0.2) is 19.1 Å². The zero-order valence-corrected chi connectivity index (χ0v) is 13.9. The molecule has 3 N–H and O–H groups in total. The number of amides is 1. The highest BCUT2D eigenvalue weighted by atomic mass is 35.5. The van der Waals surface area contributed by atoms with Gasteiger partial charge in [-0.25, -0.2) is 4.39 Å². The lowest BCUT2D eigenvalue weighted by molar-refractivity contribution is 0.0951. The maximum Gasteiger partial charge on any atom is 0.251 e. The molecule has 0 atom stereocenters. The fraction of sp³-hybridized carbons (Fsp3) is 0.167. The lowest BCUT2D eigenvalue weighted by Crippen LogP contribution is -2.22. The van der Waals surface area contributed by atoms with Gasteiger partial charge in [-0.05, 0) is 35.9 Å². The predicted octanol–water partition coefficient (Wildman–Crippen LogP) is 3.23. The van der Waals surface area contributed by atoms with Crippen LogP contribution in [0.4, 0.5) is 4.39 Å². The second kappa shape index (κ2) is 10.4. The van der Waals surface area contributed by atoms with Gasteiger partial charge in [0.1, 0.15) is 18.2 Å². The Hall–Kier alpha value is -2.37. The van der Waals surface area contributed by atoms with Crippen molar-refractivity contribution in [2.24, 2.45) is 5.73 Å². The van der Waals surface area contributed by atoms with Crippen LogP contribution in [0.5, 0.6) is 5.75 Å². The fourth-order valence-electron chi connectivity index (χ4n) is 1.92. The highest BCUT2D eigenvalue weighted by Crippen LogP contribution is 2.13. The summed E-state index contributed by atoms with van der Waals surface area (Å²) in [7, 11) is 0. The number of hydrogen-bond acceptors (Lipinski definition) is 3. The number of carbonyl (C=O) groups excluding carboxylic acids is 1. The van der Waals surface area contributed by atoms with Gasteiger partial charge in [-0.2, -0.15) is 0 Å². The largest absolute Gasteiger partial charge is 0.487 e. The third kappa shape index (κ3) is 6.40. The van der Waals surface area contributed by atoms with Gasteiger partial charge in [0.25, 0.3) is 5.91 Å². The van der Waals surface area contributed by atoms with Crippen LogP contribution in [0.25, 0.3) is 0 Å². The molecule has 0 unspecified atom stereocenters. The summed E-state index contributed by atoms with van der Waals surface area (Å²) in [5, 5.41) is 2.84. The van der Waals surface area contributed by atoms with Crippen LogP contribution in [0.2, 0.25) is 0 Å². The number of hydrogen-bond donors (Lipinski definition) is 2. The van der Waals surface area contributed by atoms with Gasteiger partial charge in [-0.15, -0.1) is 12.4 Å². The highest BCUT2D eigenvalue weighted by Gasteiger charge is 2.05. The van der Waals surface area contributed by atoms with Crippen LogP contribution >= 0.6 is 12.4 Å². The van der Waals surface area contributed by atoms with Crippen LogP contribution in [0.15, 0.2) is 66.5 Å². The molecule has 0 saturated heterocycles. The van der Waals surface area contributed by atoms with E-state index in [2.05, 4.69) is 5.32 Å². The third-order valence-electron chi connectivity index (χ3n) is 3.13. The van der Waals surface area contributed by atoms with E-state index in [-0.39, 0.29) is 31.5 Å². The van der Waals surface area contributed by atoms with Crippen molar-refractivity contribution >= 4 is 18.3 Å². The average molecular weight is 351 g/mol. The van der Waals surface area contributed by atoms with E-state index in [0.717, 1.165) is 5.56 Å². The van der Waals surface area contributed by atoms with E-state index < -0.39 is 5.83 Å². The first-order valence-electron chi connectivity index (χ1n) is 7.28. The second-order valence-corrected chi connectivity index (χ2v) is 4.87. The molecule has 6 heteroatoms. The minimum Gasteiger partial charge on any atom is -0.487 e. The number of nitrogens with one attached hydrogen (secondary N) is 1. The molecule has 0 radical (unpaired) electrons. The van der Waals surface area contributed by atoms with Gasteiger partial charge in [-0.1, -0.05) is 30.3 Å². The zero-order valence-electron chi connectivity index (χ0n) is 13.1. The minimum atomic E-state index is -0.419. The van der Waals surface area contributed by atoms with Crippen LogP contribution in [0.1, 0.15) is 15.9 Å². The van der Waals surface area contributed by atoms with Crippen molar-refractivity contribution in [1.82, 2.24) is 5.32 Å². The Balaban J connectivity index is 0.00000288. The van der Waals surface area contributed by atoms with Gasteiger partial charge in [0.05, 0.1) is 0 Å². The first-order valence-corrected chi connectivity index (χ1v) is 7.28. The Morgan fingerprint density at radius 3 is 2.42 bits per heavy atom. The molecular weight excluding hydrogens is 331 g/mol. The normalized spacial score (nSPS) is 10.7. The number of benzene rings is 2. The van der Waals surface area contributed by atoms with E-state index in [9.17, 15) is 9.18 Å². The average Bonchev–Trinajstić information content (AvgIpc) is 2.59. The molecule has 2 rings (SSSR count). The van der Waals surface area contributed by atoms with Gasteiger partial charge in [-0.3, -0.25) is 4.79 Å². The summed E-state index contributed by atoms with van der Waals surface area (Å²) in [5.41, 5.74) is 6.76. The van der Waals surface area contributed by atoms with E-state index in [4.69, 9.17) is 10.5 Å². The first-order chi connectivity index (χ1) is 11.2. The molecule has 24 heavy (non-hydrogen) atoms. The van der Waals surface area contributed by atoms with Gasteiger partial charge in [0.2, 0.25) is 0 Å². The molecule has 0 spiro atoms. The molecule has 0 saturated carbocycles. The van der Waals surface area contributed by atoms with Crippen molar-refractivity contribution in [2.45, 2.75) is 6.54 Å². The number of nitrogens with two attached hydrogens (primary N) is 1. The molecule has 2 aromatic carbocycles. The lowest BCUT2D eigenvalue weighted by atomic mass is 10.2. The van der Waals surface area contributed by atoms with E-state index in [1.807, 2.05) is 30.3 Å². The maximum absolute atomic E-state index is 13.2. The molecule has 128 valence electrons. The predicted molar refractivity (Wildman–Crippen MR) is 95.0 cm³/mol. The van der Waals surface area contributed by atoms with Gasteiger partial charge < -0.3 is 15.8 Å². The molecule has 4 nitrogen and oxygen atoms in total. The molecule has 0 aliphatic rings. The van der Waals surface area contributed by atoms with Gasteiger partial charge >= 0.3 is 0 Å². The maximum atomic E-state index is 13.2. The molecule has 2 aromatic rings. The van der Waals surface area contributed by atoms with Crippen LogP contribution < -0.4 is 15.8 Å². The molecule has 0 bridgehead atoms. The fourth-order valence-corrected chi connectivity index (χ4v) is 1.92. The molecule has 1 amide bonds. The van der Waals surface area contributed by atoms with Gasteiger partial charge in [0.15, 0.2) is 0 Å². The quantitative estimate of drug-likeness (QED) is 0.805. The number of ether oxygens (including phenoxy) is 1. The van der Waals surface area contributed by atoms with Crippen molar-refractivity contribution in [1.29, 1.82) is 0 Å². The van der Waals surface area contributed by atoms with E-state index >= 15 is 0 Å². The first kappa shape index (κ1) is 19.7. The topological polar surface area (TPSA) is 64.3 Å². The molecule has 0 aliphatic heterocycles. The zero-order chi connectivity index (χ0) is 16.5. The van der Waals surface area contributed by atoms with Crippen LogP contribution in [0, 0.1) is 0 Å². The second-order valence-electron chi connectivity index (χ2n) is 4.87. The molecule has 0 aromatic heterocycles. The monoisotopic (exact) mass is 350 g/mol. The van der Waals surface area contributed by atoms with E-state index in [1.165, 1.54) is 6.08 Å². The summed E-state index contributed by atoms with van der Waals surface area (Å²) < 4.78 is 18.4. The Bertz CT molecular complexity index is 660. The Morgan fingerprint density at radius 2 is 1.79 bits per heavy atom. The summed E-state index contributed by atoms with van der Waals surface area (Å²) >= 11 is 0. The molecule has 0 fully saturated rings. The molecule has 0 heterocycles. The van der Waals surface area contributed by atoms with Crippen molar-refractivity contribution < 1.29 is 13.9 Å². The van der Waals surface area contributed by atoms with Crippen molar-refractivity contribution in [2.75, 3.05) is 13.2 Å².